The van der Waals surface area contributed by atoms with Crippen molar-refractivity contribution < 1.29 is 0 Å². The number of hydrogen-bond donors (Lipinski definition) is 1. The molecule has 1 aromatic carbocycles. The van der Waals surface area contributed by atoms with Gasteiger partial charge in [-0.3, -0.25) is 4.98 Å². The van der Waals surface area contributed by atoms with E-state index in [0.29, 0.717) is 13.0 Å². The lowest BCUT2D eigenvalue weighted by Crippen LogP contribution is -2.23. The van der Waals surface area contributed by atoms with Gasteiger partial charge in [0.2, 0.25) is 0 Å². The Hall–Kier alpha value is -2.54. The van der Waals surface area contributed by atoms with Gasteiger partial charge in [-0.05, 0) is 42.3 Å². The van der Waals surface area contributed by atoms with E-state index in [1.807, 2.05) is 37.4 Å². The molecule has 4 nitrogen and oxygen atoms in total. The fraction of sp³-hybridized carbons (Fsp3) is 0.250. The SMILES string of the molecule is Cc1cc(N(CCC#N)Cc2cccnc2)ccc1N. The van der Waals surface area contributed by atoms with E-state index >= 15 is 0 Å². The van der Waals surface area contributed by atoms with Crippen LogP contribution in [0.4, 0.5) is 11.4 Å². The van der Waals surface area contributed by atoms with Crippen molar-refractivity contribution in [1.29, 1.82) is 5.26 Å². The Labute approximate surface area is 119 Å². The average Bonchev–Trinajstić information content (AvgIpc) is 2.47. The molecule has 1 aromatic heterocycles. The van der Waals surface area contributed by atoms with Crippen molar-refractivity contribution >= 4 is 11.4 Å². The molecule has 0 aliphatic heterocycles. The largest absolute Gasteiger partial charge is 0.399 e. The number of anilines is 2. The number of benzene rings is 1. The molecule has 0 aliphatic carbocycles. The molecule has 0 saturated heterocycles. The van der Waals surface area contributed by atoms with Crippen LogP contribution in [-0.2, 0) is 6.54 Å². The Morgan fingerprint density at radius 1 is 1.35 bits per heavy atom. The lowest BCUT2D eigenvalue weighted by Gasteiger charge is -2.24. The van der Waals surface area contributed by atoms with Gasteiger partial charge < -0.3 is 10.6 Å². The van der Waals surface area contributed by atoms with Gasteiger partial charge in [-0.2, -0.15) is 5.26 Å². The number of nitrogens with two attached hydrogens (primary N) is 1. The normalized spacial score (nSPS) is 10.0. The summed E-state index contributed by atoms with van der Waals surface area (Å²) in [7, 11) is 0. The van der Waals surface area contributed by atoms with Crippen molar-refractivity contribution in [2.45, 2.75) is 19.9 Å². The molecule has 0 radical (unpaired) electrons. The summed E-state index contributed by atoms with van der Waals surface area (Å²) < 4.78 is 0. The molecule has 0 bridgehead atoms. The molecule has 1 heterocycles. The Kier molecular flexibility index (Phi) is 4.56. The van der Waals surface area contributed by atoms with Crippen LogP contribution in [0.15, 0.2) is 42.7 Å². The van der Waals surface area contributed by atoms with Crippen molar-refractivity contribution in [3.63, 3.8) is 0 Å². The van der Waals surface area contributed by atoms with Gasteiger partial charge in [-0.15, -0.1) is 0 Å². The van der Waals surface area contributed by atoms with Gasteiger partial charge >= 0.3 is 0 Å². The molecule has 2 rings (SSSR count). The third-order valence-corrected chi connectivity index (χ3v) is 3.21. The van der Waals surface area contributed by atoms with Crippen LogP contribution in [0.1, 0.15) is 17.5 Å². The standard InChI is InChI=1S/C16H18N4/c1-13-10-15(5-6-16(13)18)20(9-3-7-17)12-14-4-2-8-19-11-14/h2,4-6,8,10-11H,3,9,12,18H2,1H3. The second-order valence-electron chi connectivity index (χ2n) is 4.73. The lowest BCUT2D eigenvalue weighted by molar-refractivity contribution is 0.795. The van der Waals surface area contributed by atoms with Gasteiger partial charge in [0.25, 0.3) is 0 Å². The zero-order chi connectivity index (χ0) is 14.4. The molecule has 0 aliphatic rings. The summed E-state index contributed by atoms with van der Waals surface area (Å²) in [5.41, 5.74) is 9.90. The second-order valence-corrected chi connectivity index (χ2v) is 4.73. The first kappa shape index (κ1) is 13.9. The van der Waals surface area contributed by atoms with E-state index in [4.69, 9.17) is 11.0 Å². The van der Waals surface area contributed by atoms with Crippen LogP contribution in [0, 0.1) is 18.3 Å². The van der Waals surface area contributed by atoms with Crippen molar-refractivity contribution in [2.24, 2.45) is 0 Å². The molecule has 0 unspecified atom stereocenters. The third-order valence-electron chi connectivity index (χ3n) is 3.21. The van der Waals surface area contributed by atoms with Crippen LogP contribution >= 0.6 is 0 Å². The van der Waals surface area contributed by atoms with Gasteiger partial charge in [0.05, 0.1) is 12.5 Å². The van der Waals surface area contributed by atoms with Crippen molar-refractivity contribution in [1.82, 2.24) is 4.98 Å². The zero-order valence-electron chi connectivity index (χ0n) is 11.6. The second kappa shape index (κ2) is 6.58. The first-order chi connectivity index (χ1) is 9.70. The smallest absolute Gasteiger partial charge is 0.0640 e. The molecule has 20 heavy (non-hydrogen) atoms. The number of nitrogens with zero attached hydrogens (tertiary/aromatic N) is 3. The van der Waals surface area contributed by atoms with Crippen LogP contribution in [-0.4, -0.2) is 11.5 Å². The highest BCUT2D eigenvalue weighted by Crippen LogP contribution is 2.22. The molecule has 0 saturated carbocycles. The molecular formula is C16H18N4. The first-order valence-corrected chi connectivity index (χ1v) is 6.57. The van der Waals surface area contributed by atoms with Crippen LogP contribution < -0.4 is 10.6 Å². The molecule has 2 aromatic rings. The molecule has 102 valence electrons. The Morgan fingerprint density at radius 2 is 2.20 bits per heavy atom. The van der Waals surface area contributed by atoms with E-state index in [9.17, 15) is 0 Å². The van der Waals surface area contributed by atoms with Gasteiger partial charge in [-0.1, -0.05) is 6.07 Å². The van der Waals surface area contributed by atoms with E-state index in [1.165, 1.54) is 0 Å². The number of aromatic nitrogens is 1. The Balaban J connectivity index is 2.22. The third kappa shape index (κ3) is 3.48. The number of nitriles is 1. The minimum absolute atomic E-state index is 0.490. The van der Waals surface area contributed by atoms with Gasteiger partial charge in [0.15, 0.2) is 0 Å². The number of nitrogen functional groups attached to an aromatic ring is 1. The van der Waals surface area contributed by atoms with Crippen LogP contribution in [0.2, 0.25) is 0 Å². The fourth-order valence-electron chi connectivity index (χ4n) is 2.05. The number of rotatable bonds is 5. The predicted molar refractivity (Wildman–Crippen MR) is 81.1 cm³/mol. The summed E-state index contributed by atoms with van der Waals surface area (Å²) >= 11 is 0. The Bertz CT molecular complexity index is 602. The minimum Gasteiger partial charge on any atom is -0.399 e. The van der Waals surface area contributed by atoms with Crippen molar-refractivity contribution in [3.05, 3.63) is 53.9 Å². The highest BCUT2D eigenvalue weighted by molar-refractivity contribution is 5.58. The lowest BCUT2D eigenvalue weighted by atomic mass is 10.1. The summed E-state index contributed by atoms with van der Waals surface area (Å²) in [6.45, 7) is 3.42. The maximum atomic E-state index is 8.82. The quantitative estimate of drug-likeness (QED) is 0.845. The summed E-state index contributed by atoms with van der Waals surface area (Å²) in [6.07, 6.45) is 4.10. The molecule has 0 fully saturated rings. The molecule has 2 N–H and O–H groups in total. The average molecular weight is 266 g/mol. The molecular weight excluding hydrogens is 248 g/mol. The predicted octanol–water partition coefficient (Wildman–Crippen LogP) is 2.89. The van der Waals surface area contributed by atoms with E-state index in [-0.39, 0.29) is 0 Å². The summed E-state index contributed by atoms with van der Waals surface area (Å²) in [6, 6.07) is 12.1. The fourth-order valence-corrected chi connectivity index (χ4v) is 2.05. The minimum atomic E-state index is 0.490. The molecule has 0 spiro atoms. The molecule has 0 amide bonds. The van der Waals surface area contributed by atoms with Gasteiger partial charge in [-0.25, -0.2) is 0 Å². The highest BCUT2D eigenvalue weighted by Gasteiger charge is 2.08. The highest BCUT2D eigenvalue weighted by atomic mass is 15.1. The van der Waals surface area contributed by atoms with Crippen molar-refractivity contribution in [2.75, 3.05) is 17.2 Å². The first-order valence-electron chi connectivity index (χ1n) is 6.57. The van der Waals surface area contributed by atoms with Crippen LogP contribution in [0.3, 0.4) is 0 Å². The molecule has 0 atom stereocenters. The monoisotopic (exact) mass is 266 g/mol. The molecule has 4 heteroatoms. The summed E-state index contributed by atoms with van der Waals surface area (Å²) in [5, 5.41) is 8.82. The van der Waals surface area contributed by atoms with E-state index in [1.54, 1.807) is 6.20 Å². The van der Waals surface area contributed by atoms with Crippen LogP contribution in [0.5, 0.6) is 0 Å². The topological polar surface area (TPSA) is 65.9 Å². The van der Waals surface area contributed by atoms with Gasteiger partial charge in [0, 0.05) is 36.9 Å². The van der Waals surface area contributed by atoms with E-state index < -0.39 is 0 Å². The van der Waals surface area contributed by atoms with Gasteiger partial charge in [0.1, 0.15) is 0 Å². The summed E-state index contributed by atoms with van der Waals surface area (Å²) in [5.74, 6) is 0. The number of hydrogen-bond acceptors (Lipinski definition) is 4. The maximum Gasteiger partial charge on any atom is 0.0640 e. The van der Waals surface area contributed by atoms with Crippen LogP contribution in [0.25, 0.3) is 0 Å². The van der Waals surface area contributed by atoms with Crippen molar-refractivity contribution in [3.8, 4) is 6.07 Å². The van der Waals surface area contributed by atoms with E-state index in [2.05, 4.69) is 22.0 Å². The maximum absolute atomic E-state index is 8.82. The number of aryl methyl sites for hydroxylation is 1. The number of pyridine rings is 1. The van der Waals surface area contributed by atoms with E-state index in [0.717, 1.165) is 29.0 Å². The summed E-state index contributed by atoms with van der Waals surface area (Å²) in [4.78, 5) is 6.30. The zero-order valence-corrected chi connectivity index (χ0v) is 11.6. The Morgan fingerprint density at radius 3 is 2.85 bits per heavy atom.